The van der Waals surface area contributed by atoms with Gasteiger partial charge in [-0.05, 0) is 37.5 Å². The SMILES string of the molecule is CCc1cccc2c1CC(=O)N2C(C)C. The average molecular weight is 203 g/mol. The number of benzene rings is 1. The third-order valence-corrected chi connectivity index (χ3v) is 3.00. The molecule has 1 aromatic rings. The lowest BCUT2D eigenvalue weighted by Gasteiger charge is -2.22. The second-order valence-corrected chi connectivity index (χ2v) is 4.30. The Hall–Kier alpha value is -1.31. The summed E-state index contributed by atoms with van der Waals surface area (Å²) in [5, 5.41) is 0. The summed E-state index contributed by atoms with van der Waals surface area (Å²) in [6.45, 7) is 6.26. The predicted molar refractivity (Wildman–Crippen MR) is 62.1 cm³/mol. The Morgan fingerprint density at radius 2 is 2.13 bits per heavy atom. The number of hydrogen-bond acceptors (Lipinski definition) is 1. The number of aryl methyl sites for hydroxylation is 1. The van der Waals surface area contributed by atoms with E-state index in [4.69, 9.17) is 0 Å². The first-order valence-electron chi connectivity index (χ1n) is 5.58. The monoisotopic (exact) mass is 203 g/mol. The quantitative estimate of drug-likeness (QED) is 0.723. The number of carbonyl (C=O) groups excluding carboxylic acids is 1. The molecule has 2 nitrogen and oxygen atoms in total. The van der Waals surface area contributed by atoms with E-state index < -0.39 is 0 Å². The first kappa shape index (κ1) is 10.2. The molecule has 0 bridgehead atoms. The highest BCUT2D eigenvalue weighted by atomic mass is 16.2. The van der Waals surface area contributed by atoms with Crippen LogP contribution in [0.15, 0.2) is 18.2 Å². The van der Waals surface area contributed by atoms with Crippen LogP contribution in [-0.4, -0.2) is 11.9 Å². The minimum Gasteiger partial charge on any atom is -0.309 e. The van der Waals surface area contributed by atoms with E-state index in [1.54, 1.807) is 0 Å². The summed E-state index contributed by atoms with van der Waals surface area (Å²) >= 11 is 0. The summed E-state index contributed by atoms with van der Waals surface area (Å²) in [5.41, 5.74) is 3.66. The van der Waals surface area contributed by atoms with Gasteiger partial charge >= 0.3 is 0 Å². The van der Waals surface area contributed by atoms with Crippen molar-refractivity contribution in [3.63, 3.8) is 0 Å². The maximum absolute atomic E-state index is 11.9. The van der Waals surface area contributed by atoms with Gasteiger partial charge in [0, 0.05) is 11.7 Å². The molecule has 0 unspecified atom stereocenters. The molecule has 0 fully saturated rings. The number of hydrogen-bond donors (Lipinski definition) is 0. The fourth-order valence-electron chi connectivity index (χ4n) is 2.32. The molecule has 80 valence electrons. The van der Waals surface area contributed by atoms with Crippen LogP contribution in [0, 0.1) is 0 Å². The first-order valence-corrected chi connectivity index (χ1v) is 5.58. The number of anilines is 1. The summed E-state index contributed by atoms with van der Waals surface area (Å²) in [7, 11) is 0. The van der Waals surface area contributed by atoms with Gasteiger partial charge in [0.1, 0.15) is 0 Å². The summed E-state index contributed by atoms with van der Waals surface area (Å²) in [5.74, 6) is 0.237. The van der Waals surface area contributed by atoms with E-state index in [-0.39, 0.29) is 11.9 Å². The predicted octanol–water partition coefficient (Wildman–Crippen LogP) is 2.55. The van der Waals surface area contributed by atoms with Crippen LogP contribution in [-0.2, 0) is 17.6 Å². The van der Waals surface area contributed by atoms with Crippen molar-refractivity contribution in [3.05, 3.63) is 29.3 Å². The fourth-order valence-corrected chi connectivity index (χ4v) is 2.32. The molecular weight excluding hydrogens is 186 g/mol. The summed E-state index contributed by atoms with van der Waals surface area (Å²) in [6, 6.07) is 6.48. The third-order valence-electron chi connectivity index (χ3n) is 3.00. The van der Waals surface area contributed by atoms with Gasteiger partial charge in [-0.25, -0.2) is 0 Å². The van der Waals surface area contributed by atoms with Gasteiger partial charge in [-0.2, -0.15) is 0 Å². The maximum atomic E-state index is 11.9. The van der Waals surface area contributed by atoms with E-state index in [2.05, 4.69) is 32.9 Å². The Kier molecular flexibility index (Phi) is 2.51. The average Bonchev–Trinajstić information content (AvgIpc) is 2.53. The molecule has 1 heterocycles. The molecule has 0 atom stereocenters. The standard InChI is InChI=1S/C13H17NO/c1-4-10-6-5-7-12-11(10)8-13(15)14(12)9(2)3/h5-7,9H,4,8H2,1-3H3. The molecule has 0 aromatic heterocycles. The zero-order valence-corrected chi connectivity index (χ0v) is 9.58. The number of nitrogens with zero attached hydrogens (tertiary/aromatic N) is 1. The van der Waals surface area contributed by atoms with Crippen LogP contribution in [0.5, 0.6) is 0 Å². The molecule has 1 aliphatic rings. The maximum Gasteiger partial charge on any atom is 0.231 e. The smallest absolute Gasteiger partial charge is 0.231 e. The molecule has 2 heteroatoms. The third kappa shape index (κ3) is 1.54. The van der Waals surface area contributed by atoms with Crippen LogP contribution in [0.1, 0.15) is 31.9 Å². The Labute approximate surface area is 90.9 Å². The second-order valence-electron chi connectivity index (χ2n) is 4.30. The van der Waals surface area contributed by atoms with Gasteiger partial charge in [0.05, 0.1) is 6.42 Å². The van der Waals surface area contributed by atoms with E-state index in [0.29, 0.717) is 6.42 Å². The van der Waals surface area contributed by atoms with Crippen molar-refractivity contribution in [1.29, 1.82) is 0 Å². The van der Waals surface area contributed by atoms with Gasteiger partial charge < -0.3 is 4.90 Å². The zero-order chi connectivity index (χ0) is 11.0. The molecule has 0 aliphatic carbocycles. The van der Waals surface area contributed by atoms with Crippen LogP contribution < -0.4 is 4.90 Å². The van der Waals surface area contributed by atoms with Gasteiger partial charge in [-0.1, -0.05) is 19.1 Å². The highest BCUT2D eigenvalue weighted by molar-refractivity contribution is 6.02. The van der Waals surface area contributed by atoms with Gasteiger partial charge in [0.25, 0.3) is 0 Å². The Bertz CT molecular complexity index is 396. The van der Waals surface area contributed by atoms with Gasteiger partial charge in [-0.3, -0.25) is 4.79 Å². The Balaban J connectivity index is 2.51. The van der Waals surface area contributed by atoms with E-state index >= 15 is 0 Å². The Morgan fingerprint density at radius 1 is 1.40 bits per heavy atom. The molecule has 1 aliphatic heterocycles. The molecule has 15 heavy (non-hydrogen) atoms. The molecule has 2 rings (SSSR count). The van der Waals surface area contributed by atoms with Crippen LogP contribution in [0.25, 0.3) is 0 Å². The zero-order valence-electron chi connectivity index (χ0n) is 9.58. The van der Waals surface area contributed by atoms with Crippen LogP contribution in [0.3, 0.4) is 0 Å². The first-order chi connectivity index (χ1) is 7.15. The molecule has 0 saturated heterocycles. The van der Waals surface area contributed by atoms with E-state index in [1.165, 1.54) is 11.1 Å². The molecule has 0 saturated carbocycles. The van der Waals surface area contributed by atoms with Crippen LogP contribution in [0.4, 0.5) is 5.69 Å². The Morgan fingerprint density at radius 3 is 2.73 bits per heavy atom. The molecule has 0 spiro atoms. The largest absolute Gasteiger partial charge is 0.309 e. The molecular formula is C13H17NO. The van der Waals surface area contributed by atoms with Crippen molar-refractivity contribution >= 4 is 11.6 Å². The molecule has 1 aromatic carbocycles. The molecule has 0 radical (unpaired) electrons. The fraction of sp³-hybridized carbons (Fsp3) is 0.462. The van der Waals surface area contributed by atoms with Gasteiger partial charge in [0.15, 0.2) is 0 Å². The van der Waals surface area contributed by atoms with Crippen LogP contribution >= 0.6 is 0 Å². The number of fused-ring (bicyclic) bond motifs is 1. The van der Waals surface area contributed by atoms with E-state index in [0.717, 1.165) is 12.1 Å². The lowest BCUT2D eigenvalue weighted by molar-refractivity contribution is -0.117. The topological polar surface area (TPSA) is 20.3 Å². The second kappa shape index (κ2) is 3.69. The lowest BCUT2D eigenvalue weighted by atomic mass is 10.0. The lowest BCUT2D eigenvalue weighted by Crippen LogP contribution is -2.33. The highest BCUT2D eigenvalue weighted by Gasteiger charge is 2.30. The summed E-state index contributed by atoms with van der Waals surface area (Å²) < 4.78 is 0. The molecule has 0 N–H and O–H groups in total. The van der Waals surface area contributed by atoms with Crippen molar-refractivity contribution in [2.24, 2.45) is 0 Å². The van der Waals surface area contributed by atoms with Crippen molar-refractivity contribution < 1.29 is 4.79 Å². The molecule has 1 amide bonds. The minimum absolute atomic E-state index is 0.237. The van der Waals surface area contributed by atoms with Crippen molar-refractivity contribution in [1.82, 2.24) is 0 Å². The van der Waals surface area contributed by atoms with Gasteiger partial charge in [0.2, 0.25) is 5.91 Å². The van der Waals surface area contributed by atoms with Crippen molar-refractivity contribution in [2.75, 3.05) is 4.90 Å². The van der Waals surface area contributed by atoms with Crippen LogP contribution in [0.2, 0.25) is 0 Å². The highest BCUT2D eigenvalue weighted by Crippen LogP contribution is 2.33. The summed E-state index contributed by atoms with van der Waals surface area (Å²) in [4.78, 5) is 13.8. The van der Waals surface area contributed by atoms with E-state index in [9.17, 15) is 4.79 Å². The number of carbonyl (C=O) groups is 1. The number of rotatable bonds is 2. The van der Waals surface area contributed by atoms with Crippen molar-refractivity contribution in [2.45, 2.75) is 39.7 Å². The summed E-state index contributed by atoms with van der Waals surface area (Å²) in [6.07, 6.45) is 1.58. The van der Waals surface area contributed by atoms with Gasteiger partial charge in [-0.15, -0.1) is 0 Å². The normalized spacial score (nSPS) is 14.9. The minimum atomic E-state index is 0.237. The van der Waals surface area contributed by atoms with E-state index in [1.807, 2.05) is 11.0 Å². The van der Waals surface area contributed by atoms with Crippen molar-refractivity contribution in [3.8, 4) is 0 Å². The number of amides is 1.